The first-order valence-electron chi connectivity index (χ1n) is 4.15. The highest BCUT2D eigenvalue weighted by molar-refractivity contribution is 5.46. The van der Waals surface area contributed by atoms with Crippen LogP contribution in [0.25, 0.3) is 0 Å². The van der Waals surface area contributed by atoms with Crippen molar-refractivity contribution < 1.29 is 28.1 Å². The van der Waals surface area contributed by atoms with Gasteiger partial charge in [-0.2, -0.15) is 0 Å². The van der Waals surface area contributed by atoms with Crippen LogP contribution in [-0.4, -0.2) is 21.6 Å². The fourth-order valence-electron chi connectivity index (χ4n) is 1.13. The summed E-state index contributed by atoms with van der Waals surface area (Å²) in [4.78, 5) is 3.58. The topological polar surface area (TPSA) is 88.6 Å². The number of nitrogens with zero attached hydrogens (tertiary/aromatic N) is 1. The van der Waals surface area contributed by atoms with E-state index in [1.807, 2.05) is 0 Å². The molecule has 8 heteroatoms. The number of alkyl halides is 3. The molecule has 0 amide bonds. The minimum atomic E-state index is -4.96. The fraction of sp³-hybridized carbons (Fsp3) is 0.375. The Labute approximate surface area is 88.3 Å². The standard InChI is InChI=1S/C8H9F3N2O3/c9-8(10,11)16-7-4(3-14)5(1-12)13-2-6(7)15/h2,14-15H,1,3,12H2. The third kappa shape index (κ3) is 2.74. The molecule has 0 unspecified atom stereocenters. The number of aliphatic hydroxyl groups excluding tert-OH is 1. The second-order valence-electron chi connectivity index (χ2n) is 2.81. The van der Waals surface area contributed by atoms with Crippen molar-refractivity contribution in [2.24, 2.45) is 5.73 Å². The van der Waals surface area contributed by atoms with Crippen molar-refractivity contribution in [2.75, 3.05) is 0 Å². The van der Waals surface area contributed by atoms with Crippen molar-refractivity contribution in [3.05, 3.63) is 17.5 Å². The lowest BCUT2D eigenvalue weighted by Crippen LogP contribution is -2.19. The quantitative estimate of drug-likeness (QED) is 0.719. The number of ether oxygens (including phenoxy) is 1. The van der Waals surface area contributed by atoms with Crippen molar-refractivity contribution in [2.45, 2.75) is 19.5 Å². The maximum Gasteiger partial charge on any atom is 0.573 e. The number of pyridine rings is 1. The molecule has 0 aliphatic rings. The molecule has 1 aromatic heterocycles. The molecule has 0 aliphatic carbocycles. The van der Waals surface area contributed by atoms with Gasteiger partial charge in [0.15, 0.2) is 11.5 Å². The van der Waals surface area contributed by atoms with E-state index in [0.29, 0.717) is 0 Å². The third-order valence-corrected chi connectivity index (χ3v) is 1.77. The Morgan fingerprint density at radius 1 is 1.44 bits per heavy atom. The molecule has 0 saturated heterocycles. The zero-order valence-electron chi connectivity index (χ0n) is 7.95. The lowest BCUT2D eigenvalue weighted by atomic mass is 10.1. The average Bonchev–Trinajstić information content (AvgIpc) is 2.19. The molecule has 1 heterocycles. The first kappa shape index (κ1) is 12.5. The van der Waals surface area contributed by atoms with E-state index in [0.717, 1.165) is 6.20 Å². The molecule has 0 saturated carbocycles. The number of aromatic hydroxyl groups is 1. The minimum Gasteiger partial charge on any atom is -0.503 e. The van der Waals surface area contributed by atoms with Crippen LogP contribution in [0.3, 0.4) is 0 Å². The van der Waals surface area contributed by atoms with Gasteiger partial charge in [-0.05, 0) is 0 Å². The number of aromatic nitrogens is 1. The van der Waals surface area contributed by atoms with Gasteiger partial charge in [0, 0.05) is 12.1 Å². The Morgan fingerprint density at radius 3 is 2.50 bits per heavy atom. The summed E-state index contributed by atoms with van der Waals surface area (Å²) in [5.74, 6) is -1.68. The average molecular weight is 238 g/mol. The van der Waals surface area contributed by atoms with Crippen LogP contribution in [0.2, 0.25) is 0 Å². The molecule has 1 aromatic rings. The smallest absolute Gasteiger partial charge is 0.503 e. The van der Waals surface area contributed by atoms with Crippen molar-refractivity contribution in [3.8, 4) is 11.5 Å². The Morgan fingerprint density at radius 2 is 2.06 bits per heavy atom. The maximum atomic E-state index is 12.0. The highest BCUT2D eigenvalue weighted by atomic mass is 19.4. The van der Waals surface area contributed by atoms with E-state index in [9.17, 15) is 13.2 Å². The number of nitrogens with two attached hydrogens (primary N) is 1. The number of hydrogen-bond acceptors (Lipinski definition) is 5. The number of hydrogen-bond donors (Lipinski definition) is 3. The zero-order chi connectivity index (χ0) is 12.3. The SMILES string of the molecule is NCc1ncc(O)c(OC(F)(F)F)c1CO. The molecule has 5 nitrogen and oxygen atoms in total. The molecule has 4 N–H and O–H groups in total. The summed E-state index contributed by atoms with van der Waals surface area (Å²) in [5, 5.41) is 18.1. The van der Waals surface area contributed by atoms with E-state index in [2.05, 4.69) is 9.72 Å². The summed E-state index contributed by atoms with van der Waals surface area (Å²) in [6.45, 7) is -0.941. The van der Waals surface area contributed by atoms with Crippen molar-refractivity contribution in [1.82, 2.24) is 4.98 Å². The Hall–Kier alpha value is -1.54. The van der Waals surface area contributed by atoms with Crippen LogP contribution in [0.1, 0.15) is 11.3 Å². The summed E-state index contributed by atoms with van der Waals surface area (Å²) in [6.07, 6.45) is -4.18. The predicted octanol–water partition coefficient (Wildman–Crippen LogP) is 0.637. The monoisotopic (exact) mass is 238 g/mol. The number of rotatable bonds is 3. The summed E-state index contributed by atoms with van der Waals surface area (Å²) in [7, 11) is 0. The predicted molar refractivity (Wildman–Crippen MR) is 46.4 cm³/mol. The summed E-state index contributed by atoms with van der Waals surface area (Å²) < 4.78 is 39.6. The highest BCUT2D eigenvalue weighted by Gasteiger charge is 2.34. The van der Waals surface area contributed by atoms with E-state index in [1.54, 1.807) is 0 Å². The molecule has 1 rings (SSSR count). The first-order chi connectivity index (χ1) is 7.39. The lowest BCUT2D eigenvalue weighted by molar-refractivity contribution is -0.275. The Balaban J connectivity index is 3.23. The van der Waals surface area contributed by atoms with Gasteiger partial charge in [-0.1, -0.05) is 0 Å². The van der Waals surface area contributed by atoms with Gasteiger partial charge in [-0.3, -0.25) is 4.98 Å². The largest absolute Gasteiger partial charge is 0.573 e. The molecule has 16 heavy (non-hydrogen) atoms. The van der Waals surface area contributed by atoms with E-state index in [4.69, 9.17) is 15.9 Å². The van der Waals surface area contributed by atoms with Crippen LogP contribution >= 0.6 is 0 Å². The summed E-state index contributed by atoms with van der Waals surface area (Å²) >= 11 is 0. The van der Waals surface area contributed by atoms with Crippen LogP contribution in [0.4, 0.5) is 13.2 Å². The fourth-order valence-corrected chi connectivity index (χ4v) is 1.13. The van der Waals surface area contributed by atoms with Gasteiger partial charge in [0.1, 0.15) is 0 Å². The zero-order valence-corrected chi connectivity index (χ0v) is 7.95. The second kappa shape index (κ2) is 4.54. The van der Waals surface area contributed by atoms with Gasteiger partial charge in [-0.15, -0.1) is 13.2 Å². The first-order valence-corrected chi connectivity index (χ1v) is 4.15. The van der Waals surface area contributed by atoms with Crippen molar-refractivity contribution in [3.63, 3.8) is 0 Å². The normalized spacial score (nSPS) is 11.6. The molecule has 0 radical (unpaired) electrons. The summed E-state index contributed by atoms with van der Waals surface area (Å²) in [5.41, 5.74) is 4.97. The van der Waals surface area contributed by atoms with E-state index in [1.165, 1.54) is 0 Å². The number of aliphatic hydroxyl groups is 1. The maximum absolute atomic E-state index is 12.0. The Bertz CT molecular complexity index is 382. The molecule has 0 fully saturated rings. The van der Waals surface area contributed by atoms with E-state index < -0.39 is 24.5 Å². The van der Waals surface area contributed by atoms with Gasteiger partial charge in [0.2, 0.25) is 0 Å². The van der Waals surface area contributed by atoms with Crippen LogP contribution in [-0.2, 0) is 13.2 Å². The van der Waals surface area contributed by atoms with E-state index in [-0.39, 0.29) is 17.8 Å². The number of halogens is 3. The van der Waals surface area contributed by atoms with Crippen LogP contribution < -0.4 is 10.5 Å². The van der Waals surface area contributed by atoms with Crippen LogP contribution in [0, 0.1) is 0 Å². The molecule has 0 atom stereocenters. The molecule has 0 spiro atoms. The molecule has 90 valence electrons. The van der Waals surface area contributed by atoms with E-state index >= 15 is 0 Å². The Kier molecular flexibility index (Phi) is 3.55. The van der Waals surface area contributed by atoms with Gasteiger partial charge >= 0.3 is 6.36 Å². The van der Waals surface area contributed by atoms with Crippen LogP contribution in [0.15, 0.2) is 6.20 Å². The van der Waals surface area contributed by atoms with Crippen molar-refractivity contribution >= 4 is 0 Å². The minimum absolute atomic E-state index is 0.0274. The van der Waals surface area contributed by atoms with Gasteiger partial charge in [0.05, 0.1) is 18.5 Å². The van der Waals surface area contributed by atoms with Gasteiger partial charge in [0.25, 0.3) is 0 Å². The van der Waals surface area contributed by atoms with Gasteiger partial charge in [-0.25, -0.2) is 0 Å². The molecular weight excluding hydrogens is 229 g/mol. The third-order valence-electron chi connectivity index (χ3n) is 1.77. The van der Waals surface area contributed by atoms with Crippen molar-refractivity contribution in [1.29, 1.82) is 0 Å². The highest BCUT2D eigenvalue weighted by Crippen LogP contribution is 2.35. The molecule has 0 aliphatic heterocycles. The molecule has 0 aromatic carbocycles. The molecular formula is C8H9F3N2O3. The molecule has 0 bridgehead atoms. The summed E-state index contributed by atoms with van der Waals surface area (Å²) in [6, 6.07) is 0. The van der Waals surface area contributed by atoms with Gasteiger partial charge < -0.3 is 20.7 Å². The lowest BCUT2D eigenvalue weighted by Gasteiger charge is -2.15. The van der Waals surface area contributed by atoms with Crippen LogP contribution in [0.5, 0.6) is 11.5 Å². The second-order valence-corrected chi connectivity index (χ2v) is 2.81.